The van der Waals surface area contributed by atoms with Gasteiger partial charge in [0.25, 0.3) is 0 Å². The van der Waals surface area contributed by atoms with Gasteiger partial charge in [-0.2, -0.15) is 0 Å². The number of benzene rings is 1. The highest BCUT2D eigenvalue weighted by Gasteiger charge is 2.31. The number of likely N-dealkylation sites (N-methyl/N-ethyl adjacent to an activating group) is 1. The minimum absolute atomic E-state index is 0.206. The summed E-state index contributed by atoms with van der Waals surface area (Å²) in [6.07, 6.45) is 2.09. The van der Waals surface area contributed by atoms with Gasteiger partial charge in [0, 0.05) is 12.6 Å². The summed E-state index contributed by atoms with van der Waals surface area (Å²) in [5.41, 5.74) is 0.983. The van der Waals surface area contributed by atoms with Crippen LogP contribution in [0.1, 0.15) is 18.9 Å². The Hall–Kier alpha value is -0.450. The second-order valence-electron chi connectivity index (χ2n) is 4.91. The quantitative estimate of drug-likeness (QED) is 0.921. The Bertz CT molecular complexity index is 413. The first-order valence-corrected chi connectivity index (χ1v) is 7.14. The van der Waals surface area contributed by atoms with Crippen molar-refractivity contribution in [1.29, 1.82) is 0 Å². The topological polar surface area (TPSA) is 21.3 Å². The van der Waals surface area contributed by atoms with Gasteiger partial charge in [0.05, 0.1) is 10.6 Å². The summed E-state index contributed by atoms with van der Waals surface area (Å²) in [7, 11) is 1.94. The molecule has 1 aliphatic heterocycles. The molecule has 2 nitrogen and oxygen atoms in total. The first-order chi connectivity index (χ1) is 8.63. The summed E-state index contributed by atoms with van der Waals surface area (Å²) in [5.74, 6) is 0.345. The Kier molecular flexibility index (Phi) is 4.76. The molecular formula is C14H19BrFNO. The molecule has 1 aromatic carbocycles. The standard InChI is InChI=1S/C14H19BrFNO/c1-9-6-7-18-14(9)12(17-2)8-10-4-3-5-11(16)13(10)15/h3-5,9,12,14,17H,6-8H2,1-2H3. The van der Waals surface area contributed by atoms with Crippen LogP contribution in [0.15, 0.2) is 22.7 Å². The Morgan fingerprint density at radius 1 is 1.56 bits per heavy atom. The molecule has 0 saturated carbocycles. The molecule has 1 aliphatic rings. The third kappa shape index (κ3) is 2.92. The highest BCUT2D eigenvalue weighted by molar-refractivity contribution is 9.10. The average molecular weight is 316 g/mol. The van der Waals surface area contributed by atoms with Crippen LogP contribution in [-0.4, -0.2) is 25.8 Å². The molecule has 1 N–H and O–H groups in total. The maximum Gasteiger partial charge on any atom is 0.137 e. The lowest BCUT2D eigenvalue weighted by atomic mass is 9.93. The largest absolute Gasteiger partial charge is 0.376 e. The zero-order chi connectivity index (χ0) is 13.1. The lowest BCUT2D eigenvalue weighted by molar-refractivity contribution is 0.0633. The fourth-order valence-corrected chi connectivity index (χ4v) is 2.98. The molecule has 3 atom stereocenters. The van der Waals surface area contributed by atoms with Crippen molar-refractivity contribution in [2.45, 2.75) is 31.9 Å². The van der Waals surface area contributed by atoms with Gasteiger partial charge >= 0.3 is 0 Å². The Morgan fingerprint density at radius 3 is 2.94 bits per heavy atom. The Balaban J connectivity index is 2.12. The van der Waals surface area contributed by atoms with Gasteiger partial charge in [-0.05, 0) is 53.4 Å². The number of hydrogen-bond acceptors (Lipinski definition) is 2. The fraction of sp³-hybridized carbons (Fsp3) is 0.571. The number of halogens is 2. The molecule has 3 unspecified atom stereocenters. The average Bonchev–Trinajstić information content (AvgIpc) is 2.77. The van der Waals surface area contributed by atoms with Crippen molar-refractivity contribution in [1.82, 2.24) is 5.32 Å². The molecule has 0 amide bonds. The molecule has 0 spiro atoms. The minimum Gasteiger partial charge on any atom is -0.376 e. The van der Waals surface area contributed by atoms with E-state index in [-0.39, 0.29) is 18.0 Å². The zero-order valence-corrected chi connectivity index (χ0v) is 12.3. The van der Waals surface area contributed by atoms with Crippen molar-refractivity contribution < 1.29 is 9.13 Å². The predicted octanol–water partition coefficient (Wildman–Crippen LogP) is 3.14. The van der Waals surface area contributed by atoms with Crippen molar-refractivity contribution in [2.24, 2.45) is 5.92 Å². The number of ether oxygens (including phenoxy) is 1. The Morgan fingerprint density at radius 2 is 2.33 bits per heavy atom. The van der Waals surface area contributed by atoms with E-state index in [0.717, 1.165) is 25.0 Å². The maximum absolute atomic E-state index is 13.5. The summed E-state index contributed by atoms with van der Waals surface area (Å²) in [4.78, 5) is 0. The summed E-state index contributed by atoms with van der Waals surface area (Å²) >= 11 is 3.32. The van der Waals surface area contributed by atoms with Gasteiger partial charge in [0.15, 0.2) is 0 Å². The van der Waals surface area contributed by atoms with E-state index in [4.69, 9.17) is 4.74 Å². The second kappa shape index (κ2) is 6.13. The molecule has 4 heteroatoms. The lowest BCUT2D eigenvalue weighted by Crippen LogP contribution is -2.42. The van der Waals surface area contributed by atoms with E-state index in [9.17, 15) is 4.39 Å². The first kappa shape index (κ1) is 14.0. The monoisotopic (exact) mass is 315 g/mol. The predicted molar refractivity (Wildman–Crippen MR) is 74.2 cm³/mol. The van der Waals surface area contributed by atoms with Gasteiger partial charge in [-0.3, -0.25) is 0 Å². The van der Waals surface area contributed by atoms with E-state index in [1.807, 2.05) is 13.1 Å². The van der Waals surface area contributed by atoms with E-state index >= 15 is 0 Å². The molecule has 0 aromatic heterocycles. The number of hydrogen-bond donors (Lipinski definition) is 1. The summed E-state index contributed by atoms with van der Waals surface area (Å²) in [5, 5.41) is 3.30. The third-order valence-electron chi connectivity index (χ3n) is 3.68. The third-order valence-corrected chi connectivity index (χ3v) is 4.57. The molecular weight excluding hydrogens is 297 g/mol. The molecule has 1 saturated heterocycles. The van der Waals surface area contributed by atoms with E-state index in [1.54, 1.807) is 6.07 Å². The van der Waals surface area contributed by atoms with Crippen molar-refractivity contribution in [3.8, 4) is 0 Å². The van der Waals surface area contributed by atoms with E-state index in [1.165, 1.54) is 6.07 Å². The van der Waals surface area contributed by atoms with Gasteiger partial charge in [0.1, 0.15) is 5.82 Å². The highest BCUT2D eigenvalue weighted by Crippen LogP contribution is 2.27. The van der Waals surface area contributed by atoms with Crippen LogP contribution < -0.4 is 5.32 Å². The molecule has 0 aliphatic carbocycles. The molecule has 1 aromatic rings. The summed E-state index contributed by atoms with van der Waals surface area (Å²) in [6.45, 7) is 3.04. The van der Waals surface area contributed by atoms with Gasteiger partial charge < -0.3 is 10.1 Å². The fourth-order valence-electron chi connectivity index (χ4n) is 2.56. The second-order valence-corrected chi connectivity index (χ2v) is 5.71. The number of nitrogens with one attached hydrogen (secondary N) is 1. The van der Waals surface area contributed by atoms with Gasteiger partial charge in [-0.1, -0.05) is 19.1 Å². The van der Waals surface area contributed by atoms with Crippen LogP contribution in [0, 0.1) is 11.7 Å². The molecule has 1 fully saturated rings. The van der Waals surface area contributed by atoms with Crippen LogP contribution in [0.4, 0.5) is 4.39 Å². The molecule has 18 heavy (non-hydrogen) atoms. The van der Waals surface area contributed by atoms with E-state index in [2.05, 4.69) is 28.2 Å². The highest BCUT2D eigenvalue weighted by atomic mass is 79.9. The molecule has 0 bridgehead atoms. The minimum atomic E-state index is -0.206. The molecule has 1 heterocycles. The summed E-state index contributed by atoms with van der Waals surface area (Å²) < 4.78 is 19.8. The van der Waals surface area contributed by atoms with Gasteiger partial charge in [-0.15, -0.1) is 0 Å². The molecule has 2 rings (SSSR count). The van der Waals surface area contributed by atoms with Crippen molar-refractivity contribution in [3.63, 3.8) is 0 Å². The molecule has 100 valence electrons. The maximum atomic E-state index is 13.5. The van der Waals surface area contributed by atoms with Crippen LogP contribution in [0.2, 0.25) is 0 Å². The van der Waals surface area contributed by atoms with Gasteiger partial charge in [-0.25, -0.2) is 4.39 Å². The van der Waals surface area contributed by atoms with E-state index < -0.39 is 0 Å². The van der Waals surface area contributed by atoms with Crippen LogP contribution >= 0.6 is 15.9 Å². The SMILES string of the molecule is CNC(Cc1cccc(F)c1Br)C1OCCC1C. The number of rotatable bonds is 4. The van der Waals surface area contributed by atoms with Crippen LogP contribution in [0.5, 0.6) is 0 Å². The summed E-state index contributed by atoms with van der Waals surface area (Å²) in [6, 6.07) is 5.40. The smallest absolute Gasteiger partial charge is 0.137 e. The van der Waals surface area contributed by atoms with Crippen molar-refractivity contribution in [2.75, 3.05) is 13.7 Å². The van der Waals surface area contributed by atoms with Crippen molar-refractivity contribution in [3.05, 3.63) is 34.1 Å². The zero-order valence-electron chi connectivity index (χ0n) is 10.7. The van der Waals surface area contributed by atoms with Crippen LogP contribution in [0.25, 0.3) is 0 Å². The Labute approximate surface area is 116 Å². The van der Waals surface area contributed by atoms with Gasteiger partial charge in [0.2, 0.25) is 0 Å². The van der Waals surface area contributed by atoms with Crippen molar-refractivity contribution >= 4 is 15.9 Å². The lowest BCUT2D eigenvalue weighted by Gasteiger charge is -2.26. The van der Waals surface area contributed by atoms with E-state index in [0.29, 0.717) is 10.4 Å². The first-order valence-electron chi connectivity index (χ1n) is 6.35. The molecule has 0 radical (unpaired) electrons. The van der Waals surface area contributed by atoms with Crippen LogP contribution in [0.3, 0.4) is 0 Å². The van der Waals surface area contributed by atoms with Crippen LogP contribution in [-0.2, 0) is 11.2 Å². The normalized spacial score (nSPS) is 25.3.